The summed E-state index contributed by atoms with van der Waals surface area (Å²) in [6.45, 7) is 2.21. The highest BCUT2D eigenvalue weighted by molar-refractivity contribution is 5.66. The van der Waals surface area contributed by atoms with Crippen LogP contribution in [0.25, 0.3) is 0 Å². The van der Waals surface area contributed by atoms with Gasteiger partial charge in [0.25, 0.3) is 0 Å². The summed E-state index contributed by atoms with van der Waals surface area (Å²) in [7, 11) is 3.11. The molecule has 0 saturated carbocycles. The third-order valence-corrected chi connectivity index (χ3v) is 4.07. The monoisotopic (exact) mass is 361 g/mol. The lowest BCUT2D eigenvalue weighted by Gasteiger charge is -2.10. The number of hydrogen-bond acceptors (Lipinski definition) is 4. The summed E-state index contributed by atoms with van der Waals surface area (Å²) in [5.74, 6) is -0.678. The van der Waals surface area contributed by atoms with Gasteiger partial charge in [0.05, 0.1) is 6.10 Å². The summed E-state index contributed by atoms with van der Waals surface area (Å²) >= 11 is 0. The molecule has 1 atom stereocenters. The van der Waals surface area contributed by atoms with Gasteiger partial charge in [0, 0.05) is 20.5 Å². The number of hydrogen-bond donors (Lipinski definition) is 3. The van der Waals surface area contributed by atoms with E-state index < -0.39 is 5.97 Å². The highest BCUT2D eigenvalue weighted by Crippen LogP contribution is 2.14. The van der Waals surface area contributed by atoms with Gasteiger partial charge in [-0.15, -0.1) is 0 Å². The Labute approximate surface area is 155 Å². The Morgan fingerprint density at radius 1 is 0.800 bits per heavy atom. The van der Waals surface area contributed by atoms with E-state index in [1.165, 1.54) is 51.4 Å². The molecule has 3 N–H and O–H groups in total. The summed E-state index contributed by atoms with van der Waals surface area (Å²) in [5.41, 5.74) is 0. The van der Waals surface area contributed by atoms with E-state index in [0.717, 1.165) is 43.6 Å². The van der Waals surface area contributed by atoms with E-state index in [4.69, 9.17) is 10.3 Å². The number of hydroxylamine groups is 2. The van der Waals surface area contributed by atoms with Crippen molar-refractivity contribution in [3.8, 4) is 0 Å². The van der Waals surface area contributed by atoms with E-state index >= 15 is 0 Å². The van der Waals surface area contributed by atoms with Crippen LogP contribution in [0.15, 0.2) is 0 Å². The molecule has 25 heavy (non-hydrogen) atoms. The third-order valence-electron chi connectivity index (χ3n) is 4.07. The van der Waals surface area contributed by atoms with Crippen molar-refractivity contribution in [2.45, 2.75) is 109 Å². The number of aliphatic hydroxyl groups excluding tert-OH is 1. The van der Waals surface area contributed by atoms with Crippen LogP contribution >= 0.6 is 0 Å². The third kappa shape index (κ3) is 31.6. The van der Waals surface area contributed by atoms with Crippen LogP contribution < -0.4 is 0 Å². The Morgan fingerprint density at radius 3 is 1.56 bits per heavy atom. The number of carbonyl (C=O) groups is 1. The number of carboxylic acid groups (broad SMARTS) is 1. The lowest BCUT2D eigenvalue weighted by molar-refractivity contribution is -0.137. The molecule has 0 radical (unpaired) electrons. The average molecular weight is 362 g/mol. The molecule has 152 valence electrons. The molecule has 0 aromatic heterocycles. The van der Waals surface area contributed by atoms with Gasteiger partial charge in [-0.1, -0.05) is 77.6 Å². The second-order valence-electron chi connectivity index (χ2n) is 7.11. The molecular weight excluding hydrogens is 318 g/mol. The molecular formula is C20H43NO4. The Hall–Kier alpha value is -0.650. The molecule has 0 fully saturated rings. The van der Waals surface area contributed by atoms with Gasteiger partial charge in [-0.25, -0.2) is 0 Å². The van der Waals surface area contributed by atoms with Crippen LogP contribution in [0, 0.1) is 0 Å². The van der Waals surface area contributed by atoms with Crippen molar-refractivity contribution in [2.75, 3.05) is 14.1 Å². The topological polar surface area (TPSA) is 81.0 Å². The Morgan fingerprint density at radius 2 is 1.16 bits per heavy atom. The molecule has 0 rings (SSSR count). The van der Waals surface area contributed by atoms with Crippen molar-refractivity contribution < 1.29 is 20.2 Å². The number of aliphatic hydroxyl groups is 1. The van der Waals surface area contributed by atoms with E-state index in [1.54, 1.807) is 14.1 Å². The van der Waals surface area contributed by atoms with Crippen LogP contribution in [0.4, 0.5) is 0 Å². The molecule has 0 aliphatic carbocycles. The number of carboxylic acids is 1. The predicted molar refractivity (Wildman–Crippen MR) is 104 cm³/mol. The molecule has 0 heterocycles. The molecule has 0 saturated heterocycles. The highest BCUT2D eigenvalue weighted by Gasteiger charge is 2.03. The van der Waals surface area contributed by atoms with Crippen molar-refractivity contribution in [1.29, 1.82) is 0 Å². The molecule has 0 amide bonds. The Kier molecular flexibility index (Phi) is 22.7. The maximum Gasteiger partial charge on any atom is 0.303 e. The fraction of sp³-hybridized carbons (Fsp3) is 0.950. The lowest BCUT2D eigenvalue weighted by atomic mass is 10.0. The lowest BCUT2D eigenvalue weighted by Crippen LogP contribution is -2.05. The highest BCUT2D eigenvalue weighted by atomic mass is 16.5. The molecule has 0 aliphatic rings. The molecule has 0 aliphatic heterocycles. The van der Waals surface area contributed by atoms with Crippen molar-refractivity contribution in [3.63, 3.8) is 0 Å². The zero-order valence-electron chi connectivity index (χ0n) is 16.9. The number of unbranched alkanes of at least 4 members (excludes halogenated alkanes) is 10. The minimum Gasteiger partial charge on any atom is -0.481 e. The minimum absolute atomic E-state index is 0.0853. The molecule has 0 spiro atoms. The van der Waals surface area contributed by atoms with Gasteiger partial charge in [-0.05, 0) is 19.3 Å². The van der Waals surface area contributed by atoms with Crippen LogP contribution in [0.3, 0.4) is 0 Å². The first-order valence-corrected chi connectivity index (χ1v) is 10.2. The second-order valence-corrected chi connectivity index (χ2v) is 7.11. The maximum atomic E-state index is 10.3. The smallest absolute Gasteiger partial charge is 0.303 e. The van der Waals surface area contributed by atoms with E-state index in [0.29, 0.717) is 6.42 Å². The fourth-order valence-corrected chi connectivity index (χ4v) is 2.67. The SMILES string of the molecule is CCCCCCC(O)CCCCCCCCCCC(=O)O.CN(C)O. The van der Waals surface area contributed by atoms with E-state index in [9.17, 15) is 9.90 Å². The summed E-state index contributed by atoms with van der Waals surface area (Å²) in [4.78, 5) is 10.3. The zero-order valence-corrected chi connectivity index (χ0v) is 16.9. The van der Waals surface area contributed by atoms with E-state index in [-0.39, 0.29) is 6.10 Å². The van der Waals surface area contributed by atoms with Crippen molar-refractivity contribution in [2.24, 2.45) is 0 Å². The summed E-state index contributed by atoms with van der Waals surface area (Å²) in [6.07, 6.45) is 16.3. The largest absolute Gasteiger partial charge is 0.481 e. The molecule has 5 nitrogen and oxygen atoms in total. The van der Waals surface area contributed by atoms with Crippen molar-refractivity contribution in [3.05, 3.63) is 0 Å². The number of aliphatic carboxylic acids is 1. The van der Waals surface area contributed by atoms with Crippen LogP contribution in [-0.2, 0) is 4.79 Å². The standard InChI is InChI=1S/C18H36O3.C2H7NO/c1-2-3-4-11-14-17(19)15-12-9-7-5-6-8-10-13-16-18(20)21;1-3(2)4/h17,19H,2-16H2,1H3,(H,20,21);4H,1-2H3. The Bertz CT molecular complexity index is 270. The molecule has 0 bridgehead atoms. The minimum atomic E-state index is -0.678. The first kappa shape index (κ1) is 26.6. The molecule has 5 heteroatoms. The van der Waals surface area contributed by atoms with Gasteiger partial charge in [0.2, 0.25) is 0 Å². The van der Waals surface area contributed by atoms with Gasteiger partial charge in [-0.2, -0.15) is 5.06 Å². The summed E-state index contributed by atoms with van der Waals surface area (Å²) < 4.78 is 0. The maximum absolute atomic E-state index is 10.3. The van der Waals surface area contributed by atoms with Crippen LogP contribution in [-0.4, -0.2) is 46.7 Å². The summed E-state index contributed by atoms with van der Waals surface area (Å²) in [6, 6.07) is 0. The molecule has 0 aromatic carbocycles. The van der Waals surface area contributed by atoms with Gasteiger partial charge in [-0.3, -0.25) is 4.79 Å². The van der Waals surface area contributed by atoms with E-state index in [1.807, 2.05) is 0 Å². The van der Waals surface area contributed by atoms with Gasteiger partial charge < -0.3 is 15.4 Å². The number of nitrogens with zero attached hydrogens (tertiary/aromatic N) is 1. The fourth-order valence-electron chi connectivity index (χ4n) is 2.67. The van der Waals surface area contributed by atoms with Gasteiger partial charge >= 0.3 is 5.97 Å². The normalized spacial score (nSPS) is 11.9. The van der Waals surface area contributed by atoms with Crippen molar-refractivity contribution >= 4 is 5.97 Å². The van der Waals surface area contributed by atoms with Crippen LogP contribution in [0.1, 0.15) is 103 Å². The second kappa shape index (κ2) is 21.4. The first-order chi connectivity index (χ1) is 11.9. The van der Waals surface area contributed by atoms with Crippen molar-refractivity contribution in [1.82, 2.24) is 5.06 Å². The Balaban J connectivity index is 0. The average Bonchev–Trinajstić information content (AvgIpc) is 2.52. The molecule has 0 aromatic rings. The first-order valence-electron chi connectivity index (χ1n) is 10.2. The number of rotatable bonds is 16. The zero-order chi connectivity index (χ0) is 19.3. The molecule has 1 unspecified atom stereocenters. The van der Waals surface area contributed by atoms with Crippen LogP contribution in [0.5, 0.6) is 0 Å². The summed E-state index contributed by atoms with van der Waals surface area (Å²) in [5, 5.41) is 27.3. The van der Waals surface area contributed by atoms with Crippen LogP contribution in [0.2, 0.25) is 0 Å². The van der Waals surface area contributed by atoms with Gasteiger partial charge in [0.15, 0.2) is 0 Å². The predicted octanol–water partition coefficient (Wildman–Crippen LogP) is 5.24. The quantitative estimate of drug-likeness (QED) is 0.259. The van der Waals surface area contributed by atoms with E-state index in [2.05, 4.69) is 6.92 Å². The van der Waals surface area contributed by atoms with Gasteiger partial charge in [0.1, 0.15) is 0 Å².